The number of nitro groups is 1. The summed E-state index contributed by atoms with van der Waals surface area (Å²) in [5.74, 6) is 0.372. The summed E-state index contributed by atoms with van der Waals surface area (Å²) in [6.07, 6.45) is 0. The number of nitrogen functional groups attached to an aromatic ring is 1. The molecule has 0 aliphatic rings. The first-order chi connectivity index (χ1) is 8.08. The summed E-state index contributed by atoms with van der Waals surface area (Å²) < 4.78 is 0. The molecule has 0 aliphatic heterocycles. The van der Waals surface area contributed by atoms with Gasteiger partial charge in [0.2, 0.25) is 0 Å². The number of non-ortho nitro benzene ring substituents is 1. The van der Waals surface area contributed by atoms with Gasteiger partial charge in [-0.25, -0.2) is 4.98 Å². The van der Waals surface area contributed by atoms with E-state index in [-0.39, 0.29) is 10.7 Å². The first-order valence-corrected chi connectivity index (χ1v) is 5.12. The molecule has 0 bridgehead atoms. The second kappa shape index (κ2) is 4.39. The Balaban J connectivity index is 2.50. The Morgan fingerprint density at radius 3 is 2.65 bits per heavy atom. The molecule has 2 N–H and O–H groups in total. The molecule has 1 aromatic carbocycles. The molecule has 0 aliphatic carbocycles. The lowest BCUT2D eigenvalue weighted by molar-refractivity contribution is -0.384. The molecule has 0 saturated carbocycles. The van der Waals surface area contributed by atoms with Gasteiger partial charge in [-0.1, -0.05) is 17.7 Å². The van der Waals surface area contributed by atoms with Crippen molar-refractivity contribution in [1.29, 1.82) is 0 Å². The zero-order valence-corrected chi connectivity index (χ0v) is 9.39. The summed E-state index contributed by atoms with van der Waals surface area (Å²) in [5, 5.41) is 10.8. The van der Waals surface area contributed by atoms with Crippen molar-refractivity contribution in [3.63, 3.8) is 0 Å². The molecular weight excluding hydrogens is 242 g/mol. The second-order valence-corrected chi connectivity index (χ2v) is 3.78. The molecule has 0 fully saturated rings. The Bertz CT molecular complexity index is 587. The second-order valence-electron chi connectivity index (χ2n) is 3.37. The number of anilines is 1. The van der Waals surface area contributed by atoms with Crippen LogP contribution in [0.1, 0.15) is 0 Å². The summed E-state index contributed by atoms with van der Waals surface area (Å²) in [6, 6.07) is 9.37. The largest absolute Gasteiger partial charge is 0.384 e. The first-order valence-electron chi connectivity index (χ1n) is 4.75. The smallest absolute Gasteiger partial charge is 0.270 e. The summed E-state index contributed by atoms with van der Waals surface area (Å²) in [6.45, 7) is 0. The molecule has 86 valence electrons. The van der Waals surface area contributed by atoms with E-state index in [1.807, 2.05) is 0 Å². The molecule has 0 amide bonds. The molecule has 5 nitrogen and oxygen atoms in total. The van der Waals surface area contributed by atoms with E-state index < -0.39 is 4.92 Å². The van der Waals surface area contributed by atoms with Crippen LogP contribution < -0.4 is 5.73 Å². The molecule has 1 aromatic heterocycles. The van der Waals surface area contributed by atoms with E-state index in [4.69, 9.17) is 17.3 Å². The lowest BCUT2D eigenvalue weighted by Crippen LogP contribution is -1.93. The number of pyridine rings is 1. The van der Waals surface area contributed by atoms with Crippen LogP contribution in [0.4, 0.5) is 11.5 Å². The van der Waals surface area contributed by atoms with E-state index >= 15 is 0 Å². The van der Waals surface area contributed by atoms with Crippen LogP contribution in [0, 0.1) is 10.1 Å². The van der Waals surface area contributed by atoms with Gasteiger partial charge in [0.05, 0.1) is 15.6 Å². The molecule has 0 radical (unpaired) electrons. The number of rotatable bonds is 2. The molecule has 0 unspecified atom stereocenters. The quantitative estimate of drug-likeness (QED) is 0.655. The van der Waals surface area contributed by atoms with Crippen molar-refractivity contribution >= 4 is 23.1 Å². The molecule has 0 saturated heterocycles. The topological polar surface area (TPSA) is 82.0 Å². The predicted molar refractivity (Wildman–Crippen MR) is 65.7 cm³/mol. The number of benzene rings is 1. The fraction of sp³-hybridized carbons (Fsp3) is 0. The van der Waals surface area contributed by atoms with Gasteiger partial charge in [-0.05, 0) is 18.2 Å². The predicted octanol–water partition coefficient (Wildman–Crippen LogP) is 2.89. The van der Waals surface area contributed by atoms with E-state index in [9.17, 15) is 10.1 Å². The SMILES string of the molecule is Nc1cccc(-c2ccc([N+](=O)[O-])cc2Cl)n1. The van der Waals surface area contributed by atoms with Crippen LogP contribution in [-0.2, 0) is 0 Å². The minimum Gasteiger partial charge on any atom is -0.384 e. The van der Waals surface area contributed by atoms with E-state index in [0.29, 0.717) is 17.1 Å². The maximum atomic E-state index is 10.6. The van der Waals surface area contributed by atoms with Gasteiger partial charge in [0.25, 0.3) is 5.69 Å². The Hall–Kier alpha value is -2.14. The van der Waals surface area contributed by atoms with Crippen LogP contribution in [0.25, 0.3) is 11.3 Å². The zero-order chi connectivity index (χ0) is 12.4. The van der Waals surface area contributed by atoms with Gasteiger partial charge in [-0.2, -0.15) is 0 Å². The molecule has 6 heteroatoms. The zero-order valence-electron chi connectivity index (χ0n) is 8.63. The summed E-state index contributed by atoms with van der Waals surface area (Å²) in [7, 11) is 0. The summed E-state index contributed by atoms with van der Waals surface area (Å²) in [5.41, 5.74) is 6.71. The van der Waals surface area contributed by atoms with Crippen molar-refractivity contribution in [1.82, 2.24) is 4.98 Å². The highest BCUT2D eigenvalue weighted by Crippen LogP contribution is 2.30. The number of hydrogen-bond donors (Lipinski definition) is 1. The monoisotopic (exact) mass is 249 g/mol. The first kappa shape index (κ1) is 11.3. The summed E-state index contributed by atoms with van der Waals surface area (Å²) >= 11 is 5.98. The van der Waals surface area contributed by atoms with E-state index in [0.717, 1.165) is 0 Å². The minimum atomic E-state index is -0.498. The van der Waals surface area contributed by atoms with Gasteiger partial charge in [0.15, 0.2) is 0 Å². The minimum absolute atomic E-state index is 0.0531. The fourth-order valence-corrected chi connectivity index (χ4v) is 1.70. The number of halogens is 1. The fourth-order valence-electron chi connectivity index (χ4n) is 1.43. The van der Waals surface area contributed by atoms with Crippen molar-refractivity contribution in [2.75, 3.05) is 5.73 Å². The Morgan fingerprint density at radius 2 is 2.06 bits per heavy atom. The van der Waals surface area contributed by atoms with Gasteiger partial charge in [-0.15, -0.1) is 0 Å². The summed E-state index contributed by atoms with van der Waals surface area (Å²) in [4.78, 5) is 14.2. The molecule has 2 aromatic rings. The van der Waals surface area contributed by atoms with Crippen molar-refractivity contribution in [2.45, 2.75) is 0 Å². The van der Waals surface area contributed by atoms with Gasteiger partial charge in [-0.3, -0.25) is 10.1 Å². The van der Waals surface area contributed by atoms with Crippen LogP contribution in [0.5, 0.6) is 0 Å². The Kier molecular flexibility index (Phi) is 2.93. The van der Waals surface area contributed by atoms with Gasteiger partial charge in [0, 0.05) is 17.7 Å². The third-order valence-electron chi connectivity index (χ3n) is 2.21. The van der Waals surface area contributed by atoms with Crippen molar-refractivity contribution in [3.05, 3.63) is 51.5 Å². The molecular formula is C11H8ClN3O2. The van der Waals surface area contributed by atoms with Crippen LogP contribution >= 0.6 is 11.6 Å². The highest BCUT2D eigenvalue weighted by atomic mass is 35.5. The molecule has 0 atom stereocenters. The van der Waals surface area contributed by atoms with E-state index in [1.165, 1.54) is 12.1 Å². The van der Waals surface area contributed by atoms with Crippen LogP contribution in [0.2, 0.25) is 5.02 Å². The highest BCUT2D eigenvalue weighted by molar-refractivity contribution is 6.33. The lowest BCUT2D eigenvalue weighted by atomic mass is 10.1. The number of nitrogens with zero attached hydrogens (tertiary/aromatic N) is 2. The van der Waals surface area contributed by atoms with Crippen molar-refractivity contribution in [3.8, 4) is 11.3 Å². The number of nitro benzene ring substituents is 1. The maximum absolute atomic E-state index is 10.6. The average molecular weight is 250 g/mol. The lowest BCUT2D eigenvalue weighted by Gasteiger charge is -2.04. The normalized spacial score (nSPS) is 10.2. The Morgan fingerprint density at radius 1 is 1.29 bits per heavy atom. The average Bonchev–Trinajstić information content (AvgIpc) is 2.28. The standard InChI is InChI=1S/C11H8ClN3O2/c12-9-6-7(15(16)17)4-5-8(9)10-2-1-3-11(13)14-10/h1-6H,(H2,13,14). The molecule has 17 heavy (non-hydrogen) atoms. The van der Waals surface area contributed by atoms with Crippen LogP contribution in [-0.4, -0.2) is 9.91 Å². The van der Waals surface area contributed by atoms with E-state index in [1.54, 1.807) is 24.3 Å². The highest BCUT2D eigenvalue weighted by Gasteiger charge is 2.11. The van der Waals surface area contributed by atoms with Crippen molar-refractivity contribution in [2.24, 2.45) is 0 Å². The van der Waals surface area contributed by atoms with E-state index in [2.05, 4.69) is 4.98 Å². The van der Waals surface area contributed by atoms with Gasteiger partial charge < -0.3 is 5.73 Å². The van der Waals surface area contributed by atoms with Crippen LogP contribution in [0.15, 0.2) is 36.4 Å². The molecule has 0 spiro atoms. The number of hydrogen-bond acceptors (Lipinski definition) is 4. The van der Waals surface area contributed by atoms with Gasteiger partial charge >= 0.3 is 0 Å². The Labute approximate surface area is 102 Å². The van der Waals surface area contributed by atoms with Crippen LogP contribution in [0.3, 0.4) is 0 Å². The molecule has 2 rings (SSSR count). The van der Waals surface area contributed by atoms with Gasteiger partial charge in [0.1, 0.15) is 5.82 Å². The third-order valence-corrected chi connectivity index (χ3v) is 2.52. The third kappa shape index (κ3) is 2.34. The molecule has 1 heterocycles. The number of aromatic nitrogens is 1. The van der Waals surface area contributed by atoms with Crippen molar-refractivity contribution < 1.29 is 4.92 Å². The number of nitrogens with two attached hydrogens (primary N) is 1. The maximum Gasteiger partial charge on any atom is 0.270 e.